The lowest BCUT2D eigenvalue weighted by Crippen LogP contribution is -2.40. The van der Waals surface area contributed by atoms with Crippen LogP contribution in [0.5, 0.6) is 0 Å². The van der Waals surface area contributed by atoms with Crippen molar-refractivity contribution >= 4 is 0 Å². The van der Waals surface area contributed by atoms with Crippen molar-refractivity contribution in [2.75, 3.05) is 40.4 Å². The molecule has 0 atom stereocenters. The van der Waals surface area contributed by atoms with Gasteiger partial charge in [0.2, 0.25) is 0 Å². The Hall–Kier alpha value is -0.120. The van der Waals surface area contributed by atoms with Gasteiger partial charge in [-0.25, -0.2) is 0 Å². The van der Waals surface area contributed by atoms with Crippen molar-refractivity contribution in [2.45, 2.75) is 33.2 Å². The molecule has 0 amide bonds. The first-order valence-corrected chi connectivity index (χ1v) is 5.67. The molecule has 0 aliphatic heterocycles. The van der Waals surface area contributed by atoms with E-state index in [1.807, 2.05) is 0 Å². The largest absolute Gasteiger partial charge is 0.309 e. The van der Waals surface area contributed by atoms with Crippen molar-refractivity contribution in [3.8, 4) is 0 Å². The molecule has 1 N–H and O–H groups in total. The zero-order valence-electron chi connectivity index (χ0n) is 10.5. The fraction of sp³-hybridized carbons (Fsp3) is 1.00. The number of rotatable bonds is 8. The molecule has 14 heavy (non-hydrogen) atoms. The highest BCUT2D eigenvalue weighted by Gasteiger charge is 2.07. The molecule has 0 aliphatic rings. The second-order valence-electron chi connectivity index (χ2n) is 4.32. The van der Waals surface area contributed by atoms with Crippen molar-refractivity contribution in [3.63, 3.8) is 0 Å². The lowest BCUT2D eigenvalue weighted by Gasteiger charge is -2.27. The predicted molar refractivity (Wildman–Crippen MR) is 63.6 cm³/mol. The summed E-state index contributed by atoms with van der Waals surface area (Å²) in [6.45, 7) is 11.1. The lowest BCUT2D eigenvalue weighted by molar-refractivity contribution is 0.196. The quantitative estimate of drug-likeness (QED) is 0.596. The molecule has 0 fully saturated rings. The Morgan fingerprint density at radius 2 is 1.79 bits per heavy atom. The van der Waals surface area contributed by atoms with E-state index in [4.69, 9.17) is 0 Å². The smallest absolute Gasteiger partial charge is 0.0482 e. The van der Waals surface area contributed by atoms with E-state index in [-0.39, 0.29) is 0 Å². The molecule has 86 valence electrons. The third-order valence-corrected chi connectivity index (χ3v) is 2.35. The second kappa shape index (κ2) is 8.21. The van der Waals surface area contributed by atoms with Gasteiger partial charge in [0, 0.05) is 19.3 Å². The number of hydrogen-bond acceptors (Lipinski definition) is 3. The number of nitrogens with zero attached hydrogens (tertiary/aromatic N) is 2. The summed E-state index contributed by atoms with van der Waals surface area (Å²) in [6.07, 6.45) is 1.25. The summed E-state index contributed by atoms with van der Waals surface area (Å²) < 4.78 is 0. The Balaban J connectivity index is 3.62. The average Bonchev–Trinajstić information content (AvgIpc) is 2.09. The van der Waals surface area contributed by atoms with Crippen LogP contribution in [-0.2, 0) is 0 Å². The van der Waals surface area contributed by atoms with Crippen molar-refractivity contribution in [2.24, 2.45) is 0 Å². The van der Waals surface area contributed by atoms with E-state index < -0.39 is 0 Å². The molecular weight excluding hydrogens is 174 g/mol. The Labute approximate surface area is 89.5 Å². The van der Waals surface area contributed by atoms with Crippen molar-refractivity contribution < 1.29 is 0 Å². The summed E-state index contributed by atoms with van der Waals surface area (Å²) in [5.41, 5.74) is 0. The molecule has 3 nitrogen and oxygen atoms in total. The molecule has 0 aromatic carbocycles. The molecule has 0 unspecified atom stereocenters. The summed E-state index contributed by atoms with van der Waals surface area (Å²) in [7, 11) is 4.26. The molecule has 3 heteroatoms. The number of nitrogens with one attached hydrogen (secondary N) is 1. The summed E-state index contributed by atoms with van der Waals surface area (Å²) in [5, 5.41) is 3.38. The number of hydrogen-bond donors (Lipinski definition) is 1. The third kappa shape index (κ3) is 7.30. The van der Waals surface area contributed by atoms with E-state index >= 15 is 0 Å². The Morgan fingerprint density at radius 1 is 1.14 bits per heavy atom. The molecular formula is C11H27N3. The van der Waals surface area contributed by atoms with Crippen LogP contribution in [0.4, 0.5) is 0 Å². The fourth-order valence-electron chi connectivity index (χ4n) is 1.37. The lowest BCUT2D eigenvalue weighted by atomic mass is 10.3. The minimum atomic E-state index is 0.635. The van der Waals surface area contributed by atoms with E-state index in [1.54, 1.807) is 0 Å². The molecule has 0 spiro atoms. The van der Waals surface area contributed by atoms with Gasteiger partial charge in [0.15, 0.2) is 0 Å². The van der Waals surface area contributed by atoms with Crippen LogP contribution in [0.3, 0.4) is 0 Å². The molecule has 0 bridgehead atoms. The van der Waals surface area contributed by atoms with E-state index in [9.17, 15) is 0 Å². The van der Waals surface area contributed by atoms with Gasteiger partial charge in [-0.05, 0) is 47.5 Å². The maximum absolute atomic E-state index is 3.38. The Kier molecular flexibility index (Phi) is 8.14. The minimum absolute atomic E-state index is 0.635. The SMILES string of the molecule is CCNCN(CCCN(C)C)C(C)C. The first-order valence-electron chi connectivity index (χ1n) is 5.67. The zero-order valence-corrected chi connectivity index (χ0v) is 10.5. The van der Waals surface area contributed by atoms with Gasteiger partial charge in [0.25, 0.3) is 0 Å². The highest BCUT2D eigenvalue weighted by atomic mass is 15.2. The topological polar surface area (TPSA) is 18.5 Å². The Morgan fingerprint density at radius 3 is 2.21 bits per heavy atom. The summed E-state index contributed by atoms with van der Waals surface area (Å²) >= 11 is 0. The van der Waals surface area contributed by atoms with Gasteiger partial charge >= 0.3 is 0 Å². The minimum Gasteiger partial charge on any atom is -0.309 e. The van der Waals surface area contributed by atoms with Gasteiger partial charge < -0.3 is 10.2 Å². The van der Waals surface area contributed by atoms with Crippen LogP contribution in [0.2, 0.25) is 0 Å². The van der Waals surface area contributed by atoms with Crippen LogP contribution in [0.25, 0.3) is 0 Å². The van der Waals surface area contributed by atoms with Crippen LogP contribution in [0.15, 0.2) is 0 Å². The molecule has 0 aromatic rings. The molecule has 0 rings (SSSR count). The monoisotopic (exact) mass is 201 g/mol. The van der Waals surface area contributed by atoms with E-state index in [0.717, 1.165) is 13.2 Å². The normalized spacial score (nSPS) is 12.0. The summed E-state index contributed by atoms with van der Waals surface area (Å²) in [4.78, 5) is 4.72. The van der Waals surface area contributed by atoms with Crippen LogP contribution in [0, 0.1) is 0 Å². The van der Waals surface area contributed by atoms with E-state index in [1.165, 1.54) is 19.5 Å². The van der Waals surface area contributed by atoms with Crippen LogP contribution < -0.4 is 5.32 Å². The van der Waals surface area contributed by atoms with Gasteiger partial charge in [-0.2, -0.15) is 0 Å². The standard InChI is InChI=1S/C11H27N3/c1-6-12-10-14(11(2)3)9-7-8-13(4)5/h11-12H,6-10H2,1-5H3. The van der Waals surface area contributed by atoms with Gasteiger partial charge in [-0.3, -0.25) is 4.90 Å². The molecule has 0 aliphatic carbocycles. The maximum atomic E-state index is 3.38. The Bertz CT molecular complexity index is 124. The fourth-order valence-corrected chi connectivity index (χ4v) is 1.37. The van der Waals surface area contributed by atoms with Crippen LogP contribution in [0.1, 0.15) is 27.2 Å². The first-order chi connectivity index (χ1) is 6.57. The highest BCUT2D eigenvalue weighted by Crippen LogP contribution is 1.98. The maximum Gasteiger partial charge on any atom is 0.0482 e. The second-order valence-corrected chi connectivity index (χ2v) is 4.32. The average molecular weight is 201 g/mol. The van der Waals surface area contributed by atoms with Gasteiger partial charge in [-0.15, -0.1) is 0 Å². The highest BCUT2D eigenvalue weighted by molar-refractivity contribution is 4.62. The molecule has 0 saturated carbocycles. The summed E-state index contributed by atoms with van der Waals surface area (Å²) in [5.74, 6) is 0. The van der Waals surface area contributed by atoms with Crippen LogP contribution >= 0.6 is 0 Å². The van der Waals surface area contributed by atoms with Crippen molar-refractivity contribution in [1.82, 2.24) is 15.1 Å². The third-order valence-electron chi connectivity index (χ3n) is 2.35. The molecule has 0 radical (unpaired) electrons. The first kappa shape index (κ1) is 13.9. The van der Waals surface area contributed by atoms with Gasteiger partial charge in [0.1, 0.15) is 0 Å². The van der Waals surface area contributed by atoms with Crippen molar-refractivity contribution in [3.05, 3.63) is 0 Å². The van der Waals surface area contributed by atoms with Crippen molar-refractivity contribution in [1.29, 1.82) is 0 Å². The van der Waals surface area contributed by atoms with E-state index in [0.29, 0.717) is 6.04 Å². The van der Waals surface area contributed by atoms with E-state index in [2.05, 4.69) is 50.0 Å². The van der Waals surface area contributed by atoms with Gasteiger partial charge in [0.05, 0.1) is 0 Å². The van der Waals surface area contributed by atoms with Crippen LogP contribution in [-0.4, -0.2) is 56.2 Å². The molecule has 0 saturated heterocycles. The zero-order chi connectivity index (χ0) is 11.0. The summed E-state index contributed by atoms with van der Waals surface area (Å²) in [6, 6.07) is 0.635. The molecule has 0 heterocycles. The van der Waals surface area contributed by atoms with Gasteiger partial charge in [-0.1, -0.05) is 6.92 Å². The predicted octanol–water partition coefficient (Wildman–Crippen LogP) is 1.22. The molecule has 0 aromatic heterocycles.